The first kappa shape index (κ1) is 15.7. The summed E-state index contributed by atoms with van der Waals surface area (Å²) in [5, 5.41) is 12.7. The normalized spacial score (nSPS) is 26.2. The minimum atomic E-state index is -0.193. The molecule has 24 heavy (non-hydrogen) atoms. The molecule has 2 fully saturated rings. The fourth-order valence-corrected chi connectivity index (χ4v) is 3.91. The van der Waals surface area contributed by atoms with Gasteiger partial charge in [0.1, 0.15) is 18.1 Å². The molecule has 1 saturated heterocycles. The van der Waals surface area contributed by atoms with Gasteiger partial charge in [0.2, 0.25) is 0 Å². The third kappa shape index (κ3) is 2.74. The van der Waals surface area contributed by atoms with Crippen LogP contribution in [0.1, 0.15) is 31.9 Å². The Balaban J connectivity index is 1.64. The average molecular weight is 332 g/mol. The molecule has 8 nitrogen and oxygen atoms in total. The second kappa shape index (κ2) is 6.62. The third-order valence-corrected chi connectivity index (χ3v) is 5.13. The smallest absolute Gasteiger partial charge is 0.167 e. The van der Waals surface area contributed by atoms with Crippen LogP contribution in [0.25, 0.3) is 11.2 Å². The van der Waals surface area contributed by atoms with Crippen molar-refractivity contribution >= 4 is 17.0 Å². The number of anilines is 1. The van der Waals surface area contributed by atoms with Gasteiger partial charge in [-0.25, -0.2) is 15.0 Å². The number of rotatable bonds is 4. The maximum absolute atomic E-state index is 9.65. The lowest BCUT2D eigenvalue weighted by Gasteiger charge is -2.40. The first-order valence-corrected chi connectivity index (χ1v) is 8.65. The Bertz CT molecular complexity index is 699. The van der Waals surface area contributed by atoms with Crippen LogP contribution in [-0.2, 0) is 4.74 Å². The van der Waals surface area contributed by atoms with E-state index in [2.05, 4.69) is 25.2 Å². The standard InChI is InChI=1S/C16H24N6O2/c1-17-15-14-16(19-9-18-15)22(10-20-14)13-7-21(6-12(8-23)24-13)11-4-2-3-5-11/h9-13,23H,2-8H2,1H3,(H,17,18,19)/t12-,13+/m0/s1. The maximum Gasteiger partial charge on any atom is 0.167 e. The van der Waals surface area contributed by atoms with Gasteiger partial charge in [-0.05, 0) is 12.8 Å². The number of nitrogens with one attached hydrogen (secondary N) is 1. The molecule has 0 amide bonds. The van der Waals surface area contributed by atoms with Crippen molar-refractivity contribution in [3.8, 4) is 0 Å². The number of hydrogen-bond donors (Lipinski definition) is 2. The van der Waals surface area contributed by atoms with Crippen molar-refractivity contribution in [3.63, 3.8) is 0 Å². The number of fused-ring (bicyclic) bond motifs is 1. The molecule has 4 rings (SSSR count). The molecule has 0 spiro atoms. The van der Waals surface area contributed by atoms with E-state index in [0.717, 1.165) is 24.3 Å². The van der Waals surface area contributed by atoms with E-state index in [9.17, 15) is 5.11 Å². The van der Waals surface area contributed by atoms with Crippen molar-refractivity contribution in [3.05, 3.63) is 12.7 Å². The summed E-state index contributed by atoms with van der Waals surface area (Å²) in [5.74, 6) is 0.709. The highest BCUT2D eigenvalue weighted by molar-refractivity contribution is 5.82. The van der Waals surface area contributed by atoms with Gasteiger partial charge in [-0.15, -0.1) is 0 Å². The van der Waals surface area contributed by atoms with Crippen LogP contribution in [0.5, 0.6) is 0 Å². The van der Waals surface area contributed by atoms with Crippen LogP contribution in [0.15, 0.2) is 12.7 Å². The van der Waals surface area contributed by atoms with Gasteiger partial charge in [-0.1, -0.05) is 12.8 Å². The zero-order valence-electron chi connectivity index (χ0n) is 13.9. The minimum Gasteiger partial charge on any atom is -0.394 e. The van der Waals surface area contributed by atoms with E-state index in [1.807, 2.05) is 11.6 Å². The number of aromatic nitrogens is 4. The van der Waals surface area contributed by atoms with Crippen LogP contribution >= 0.6 is 0 Å². The molecular weight excluding hydrogens is 308 g/mol. The fraction of sp³-hybridized carbons (Fsp3) is 0.688. The highest BCUT2D eigenvalue weighted by atomic mass is 16.5. The molecule has 1 aliphatic carbocycles. The van der Waals surface area contributed by atoms with Gasteiger partial charge in [-0.2, -0.15) is 0 Å². The van der Waals surface area contributed by atoms with Crippen molar-refractivity contribution in [2.45, 2.75) is 44.1 Å². The predicted octanol–water partition coefficient (Wildman–Crippen LogP) is 1.00. The highest BCUT2D eigenvalue weighted by Crippen LogP contribution is 2.30. The number of imidazole rings is 1. The topological polar surface area (TPSA) is 88.3 Å². The highest BCUT2D eigenvalue weighted by Gasteiger charge is 2.34. The van der Waals surface area contributed by atoms with Crippen LogP contribution in [0, 0.1) is 0 Å². The van der Waals surface area contributed by atoms with Crippen LogP contribution < -0.4 is 5.32 Å². The molecule has 0 radical (unpaired) electrons. The van der Waals surface area contributed by atoms with E-state index in [-0.39, 0.29) is 18.9 Å². The van der Waals surface area contributed by atoms with Crippen molar-refractivity contribution in [2.24, 2.45) is 0 Å². The molecule has 0 aromatic carbocycles. The van der Waals surface area contributed by atoms with E-state index in [4.69, 9.17) is 4.74 Å². The second-order valence-corrected chi connectivity index (χ2v) is 6.58. The minimum absolute atomic E-state index is 0.0309. The van der Waals surface area contributed by atoms with Gasteiger partial charge in [-0.3, -0.25) is 9.47 Å². The quantitative estimate of drug-likeness (QED) is 0.863. The van der Waals surface area contributed by atoms with Crippen LogP contribution in [-0.4, -0.2) is 68.4 Å². The lowest BCUT2D eigenvalue weighted by molar-refractivity contribution is -0.141. The van der Waals surface area contributed by atoms with Crippen LogP contribution in [0.4, 0.5) is 5.82 Å². The molecule has 2 N–H and O–H groups in total. The zero-order chi connectivity index (χ0) is 16.5. The Morgan fingerprint density at radius 1 is 1.25 bits per heavy atom. The Hall–Kier alpha value is -1.77. The molecule has 2 aromatic heterocycles. The van der Waals surface area contributed by atoms with Crippen molar-refractivity contribution < 1.29 is 9.84 Å². The number of nitrogens with zero attached hydrogens (tertiary/aromatic N) is 5. The summed E-state index contributed by atoms with van der Waals surface area (Å²) in [5.41, 5.74) is 1.49. The molecular formula is C16H24N6O2. The number of hydrogen-bond acceptors (Lipinski definition) is 7. The molecule has 1 saturated carbocycles. The summed E-state index contributed by atoms with van der Waals surface area (Å²) >= 11 is 0. The summed E-state index contributed by atoms with van der Waals surface area (Å²) in [6.07, 6.45) is 7.99. The van der Waals surface area contributed by atoms with Crippen molar-refractivity contribution in [2.75, 3.05) is 32.1 Å². The molecule has 2 aliphatic rings. The van der Waals surface area contributed by atoms with Crippen LogP contribution in [0.3, 0.4) is 0 Å². The van der Waals surface area contributed by atoms with Crippen molar-refractivity contribution in [1.29, 1.82) is 0 Å². The van der Waals surface area contributed by atoms with Gasteiger partial charge in [0.05, 0.1) is 19.0 Å². The number of aliphatic hydroxyl groups excluding tert-OH is 1. The summed E-state index contributed by atoms with van der Waals surface area (Å²) in [7, 11) is 1.82. The Morgan fingerprint density at radius 2 is 2.08 bits per heavy atom. The van der Waals surface area contributed by atoms with E-state index >= 15 is 0 Å². The summed E-state index contributed by atoms with van der Waals surface area (Å²) in [4.78, 5) is 15.5. The molecule has 0 unspecified atom stereocenters. The Labute approximate surface area is 140 Å². The Morgan fingerprint density at radius 3 is 2.83 bits per heavy atom. The fourth-order valence-electron chi connectivity index (χ4n) is 3.91. The van der Waals surface area contributed by atoms with E-state index < -0.39 is 0 Å². The number of ether oxygens (including phenoxy) is 1. The lowest BCUT2D eigenvalue weighted by Crippen LogP contribution is -2.50. The Kier molecular flexibility index (Phi) is 4.34. The average Bonchev–Trinajstić information content (AvgIpc) is 3.30. The van der Waals surface area contributed by atoms with E-state index in [0.29, 0.717) is 11.9 Å². The monoisotopic (exact) mass is 332 g/mol. The van der Waals surface area contributed by atoms with Gasteiger partial charge in [0.15, 0.2) is 11.5 Å². The zero-order valence-corrected chi connectivity index (χ0v) is 13.9. The molecule has 130 valence electrons. The summed E-state index contributed by atoms with van der Waals surface area (Å²) in [6.45, 7) is 1.62. The SMILES string of the molecule is CNc1ncnc2c1ncn2[C@H]1CN(C2CCCC2)C[C@@H](CO)O1. The second-order valence-electron chi connectivity index (χ2n) is 6.58. The number of morpholine rings is 1. The van der Waals surface area contributed by atoms with Gasteiger partial charge in [0.25, 0.3) is 0 Å². The largest absolute Gasteiger partial charge is 0.394 e. The predicted molar refractivity (Wildman–Crippen MR) is 89.7 cm³/mol. The molecule has 2 atom stereocenters. The number of aliphatic hydroxyl groups is 1. The van der Waals surface area contributed by atoms with E-state index in [1.165, 1.54) is 32.0 Å². The molecule has 0 bridgehead atoms. The first-order chi connectivity index (χ1) is 11.8. The molecule has 8 heteroatoms. The first-order valence-electron chi connectivity index (χ1n) is 8.65. The van der Waals surface area contributed by atoms with Gasteiger partial charge < -0.3 is 15.2 Å². The summed E-state index contributed by atoms with van der Waals surface area (Å²) in [6, 6.07) is 0.600. The lowest BCUT2D eigenvalue weighted by atomic mass is 10.1. The summed E-state index contributed by atoms with van der Waals surface area (Å²) < 4.78 is 8.06. The maximum atomic E-state index is 9.65. The van der Waals surface area contributed by atoms with Crippen molar-refractivity contribution in [1.82, 2.24) is 24.4 Å². The molecule has 1 aliphatic heterocycles. The molecule has 2 aromatic rings. The van der Waals surface area contributed by atoms with Gasteiger partial charge in [0, 0.05) is 26.2 Å². The van der Waals surface area contributed by atoms with Gasteiger partial charge >= 0.3 is 0 Å². The van der Waals surface area contributed by atoms with Crippen LogP contribution in [0.2, 0.25) is 0 Å². The molecule has 3 heterocycles. The third-order valence-electron chi connectivity index (χ3n) is 5.13. The van der Waals surface area contributed by atoms with E-state index in [1.54, 1.807) is 6.33 Å².